The number of nitrogens with one attached hydrogen (secondary N) is 1. The van der Waals surface area contributed by atoms with Crippen LogP contribution in [-0.2, 0) is 9.59 Å². The first-order chi connectivity index (χ1) is 10.5. The van der Waals surface area contributed by atoms with Gasteiger partial charge in [0, 0.05) is 31.5 Å². The van der Waals surface area contributed by atoms with Gasteiger partial charge in [-0.3, -0.25) is 9.59 Å². The summed E-state index contributed by atoms with van der Waals surface area (Å²) in [6, 6.07) is 7.82. The molecular weight excluding hydrogens is 280 g/mol. The lowest BCUT2D eigenvalue weighted by Crippen LogP contribution is -2.35. The molecule has 120 valence electrons. The van der Waals surface area contributed by atoms with Gasteiger partial charge in [0.2, 0.25) is 5.91 Å². The van der Waals surface area contributed by atoms with E-state index in [0.29, 0.717) is 18.7 Å². The summed E-state index contributed by atoms with van der Waals surface area (Å²) in [6.45, 7) is 7.23. The van der Waals surface area contributed by atoms with Crippen molar-refractivity contribution in [2.24, 2.45) is 5.92 Å². The Morgan fingerprint density at radius 2 is 2.23 bits per heavy atom. The molecule has 0 radical (unpaired) electrons. The number of ether oxygens (including phenoxy) is 1. The number of carbonyl (C=O) groups excluding carboxylic acids is 2. The van der Waals surface area contributed by atoms with Gasteiger partial charge in [0.15, 0.2) is 6.61 Å². The van der Waals surface area contributed by atoms with Crippen molar-refractivity contribution in [1.82, 2.24) is 10.2 Å². The van der Waals surface area contributed by atoms with E-state index in [1.54, 1.807) is 0 Å². The van der Waals surface area contributed by atoms with Crippen molar-refractivity contribution in [3.63, 3.8) is 0 Å². The zero-order chi connectivity index (χ0) is 16.1. The minimum atomic E-state index is -0.156. The quantitative estimate of drug-likeness (QED) is 0.871. The van der Waals surface area contributed by atoms with Crippen molar-refractivity contribution < 1.29 is 14.3 Å². The molecule has 0 aliphatic carbocycles. The molecule has 5 nitrogen and oxygen atoms in total. The zero-order valence-electron chi connectivity index (χ0n) is 13.5. The van der Waals surface area contributed by atoms with Gasteiger partial charge in [-0.05, 0) is 38.5 Å². The van der Waals surface area contributed by atoms with E-state index in [1.165, 1.54) is 0 Å². The molecule has 0 spiro atoms. The number of amides is 2. The number of likely N-dealkylation sites (tertiary alicyclic amines) is 1. The summed E-state index contributed by atoms with van der Waals surface area (Å²) in [4.78, 5) is 25.5. The highest BCUT2D eigenvalue weighted by molar-refractivity contribution is 5.80. The van der Waals surface area contributed by atoms with Crippen molar-refractivity contribution in [2.75, 3.05) is 19.7 Å². The fourth-order valence-corrected chi connectivity index (χ4v) is 2.61. The van der Waals surface area contributed by atoms with Gasteiger partial charge in [0.25, 0.3) is 5.91 Å². The maximum Gasteiger partial charge on any atom is 0.257 e. The van der Waals surface area contributed by atoms with Crippen LogP contribution in [0.15, 0.2) is 24.3 Å². The fourth-order valence-electron chi connectivity index (χ4n) is 2.61. The van der Waals surface area contributed by atoms with E-state index >= 15 is 0 Å². The molecule has 1 aliphatic heterocycles. The van der Waals surface area contributed by atoms with Crippen molar-refractivity contribution in [2.45, 2.75) is 33.2 Å². The first-order valence-electron chi connectivity index (χ1n) is 7.71. The summed E-state index contributed by atoms with van der Waals surface area (Å²) in [5.41, 5.74) is 1.09. The van der Waals surface area contributed by atoms with Gasteiger partial charge in [-0.25, -0.2) is 0 Å². The molecule has 1 atom stereocenters. The summed E-state index contributed by atoms with van der Waals surface area (Å²) in [5, 5.41) is 2.85. The smallest absolute Gasteiger partial charge is 0.257 e. The van der Waals surface area contributed by atoms with Gasteiger partial charge in [0.05, 0.1) is 0 Å². The van der Waals surface area contributed by atoms with Gasteiger partial charge in [0.1, 0.15) is 5.75 Å². The van der Waals surface area contributed by atoms with Crippen LogP contribution in [0.3, 0.4) is 0 Å². The van der Waals surface area contributed by atoms with Crippen LogP contribution >= 0.6 is 0 Å². The topological polar surface area (TPSA) is 58.6 Å². The van der Waals surface area contributed by atoms with Crippen LogP contribution in [0, 0.1) is 12.8 Å². The van der Waals surface area contributed by atoms with E-state index < -0.39 is 0 Å². The third kappa shape index (κ3) is 4.48. The highest BCUT2D eigenvalue weighted by atomic mass is 16.5. The first kappa shape index (κ1) is 16.3. The number of carbonyl (C=O) groups is 2. The highest BCUT2D eigenvalue weighted by Gasteiger charge is 2.31. The number of rotatable bonds is 6. The van der Waals surface area contributed by atoms with Gasteiger partial charge in [-0.1, -0.05) is 12.1 Å². The van der Waals surface area contributed by atoms with Gasteiger partial charge >= 0.3 is 0 Å². The molecule has 1 aromatic carbocycles. The zero-order valence-corrected chi connectivity index (χ0v) is 13.5. The average Bonchev–Trinajstić information content (AvgIpc) is 2.84. The summed E-state index contributed by atoms with van der Waals surface area (Å²) in [5.74, 6) is 0.900. The molecule has 0 saturated carbocycles. The monoisotopic (exact) mass is 304 g/mol. The molecule has 1 fully saturated rings. The van der Waals surface area contributed by atoms with Crippen molar-refractivity contribution in [3.05, 3.63) is 29.8 Å². The number of nitrogens with zero attached hydrogens (tertiary/aromatic N) is 1. The normalized spacial score (nSPS) is 17.9. The van der Waals surface area contributed by atoms with Crippen LogP contribution in [0.25, 0.3) is 0 Å². The minimum absolute atomic E-state index is 0.00197. The Morgan fingerprint density at radius 3 is 2.86 bits per heavy atom. The lowest BCUT2D eigenvalue weighted by molar-refractivity contribution is -0.129. The van der Waals surface area contributed by atoms with Crippen LogP contribution in [-0.4, -0.2) is 42.5 Å². The highest BCUT2D eigenvalue weighted by Crippen LogP contribution is 2.19. The molecule has 1 unspecified atom stereocenters. The van der Waals surface area contributed by atoms with Crippen molar-refractivity contribution >= 4 is 11.8 Å². The number of aryl methyl sites for hydroxylation is 1. The number of hydrogen-bond donors (Lipinski definition) is 1. The molecule has 0 aromatic heterocycles. The van der Waals surface area contributed by atoms with E-state index in [4.69, 9.17) is 4.74 Å². The standard InChI is InChI=1S/C17H24N2O3/c1-12(2)19-10-14(8-17(19)21)9-18-16(20)11-22-15-6-4-5-13(3)7-15/h4-7,12,14H,8-11H2,1-3H3,(H,18,20). The van der Waals surface area contributed by atoms with Crippen molar-refractivity contribution in [1.29, 1.82) is 0 Å². The van der Waals surface area contributed by atoms with E-state index in [2.05, 4.69) is 5.32 Å². The molecule has 1 N–H and O–H groups in total. The minimum Gasteiger partial charge on any atom is -0.484 e. The Hall–Kier alpha value is -2.04. The van der Waals surface area contributed by atoms with Gasteiger partial charge in [-0.15, -0.1) is 0 Å². The molecule has 1 aliphatic rings. The van der Waals surface area contributed by atoms with Gasteiger partial charge < -0.3 is 15.0 Å². The molecule has 2 rings (SSSR count). The third-order valence-corrected chi connectivity index (χ3v) is 3.81. The summed E-state index contributed by atoms with van der Waals surface area (Å²) >= 11 is 0. The summed E-state index contributed by atoms with van der Waals surface area (Å²) in [6.07, 6.45) is 0.511. The summed E-state index contributed by atoms with van der Waals surface area (Å²) in [7, 11) is 0. The second-order valence-corrected chi connectivity index (χ2v) is 6.12. The molecule has 1 aromatic rings. The van der Waals surface area contributed by atoms with E-state index in [9.17, 15) is 9.59 Å². The van der Waals surface area contributed by atoms with E-state index in [-0.39, 0.29) is 30.4 Å². The predicted molar refractivity (Wildman–Crippen MR) is 84.6 cm³/mol. The van der Waals surface area contributed by atoms with Crippen molar-refractivity contribution in [3.8, 4) is 5.75 Å². The molecule has 1 heterocycles. The first-order valence-corrected chi connectivity index (χ1v) is 7.71. The Bertz CT molecular complexity index is 542. The second kappa shape index (κ2) is 7.29. The Balaban J connectivity index is 1.71. The third-order valence-electron chi connectivity index (χ3n) is 3.81. The second-order valence-electron chi connectivity index (χ2n) is 6.12. The van der Waals surface area contributed by atoms with Crippen LogP contribution in [0.1, 0.15) is 25.8 Å². The van der Waals surface area contributed by atoms with E-state index in [0.717, 1.165) is 12.1 Å². The molecule has 5 heteroatoms. The van der Waals surface area contributed by atoms with E-state index in [1.807, 2.05) is 49.9 Å². The maximum atomic E-state index is 11.8. The van der Waals surface area contributed by atoms with Crippen LogP contribution in [0.2, 0.25) is 0 Å². The fraction of sp³-hybridized carbons (Fsp3) is 0.529. The number of benzene rings is 1. The molecular formula is C17H24N2O3. The maximum absolute atomic E-state index is 11.8. The Kier molecular flexibility index (Phi) is 5.41. The van der Waals surface area contributed by atoms with Crippen LogP contribution in [0.5, 0.6) is 5.75 Å². The largest absolute Gasteiger partial charge is 0.484 e. The Labute approximate surface area is 131 Å². The molecule has 0 bridgehead atoms. The molecule has 22 heavy (non-hydrogen) atoms. The molecule has 2 amide bonds. The summed E-state index contributed by atoms with van der Waals surface area (Å²) < 4.78 is 5.45. The average molecular weight is 304 g/mol. The van der Waals surface area contributed by atoms with Crippen LogP contribution < -0.4 is 10.1 Å². The van der Waals surface area contributed by atoms with Gasteiger partial charge in [-0.2, -0.15) is 0 Å². The lowest BCUT2D eigenvalue weighted by atomic mass is 10.1. The Morgan fingerprint density at radius 1 is 1.45 bits per heavy atom. The molecule has 1 saturated heterocycles. The van der Waals surface area contributed by atoms with Crippen LogP contribution in [0.4, 0.5) is 0 Å². The predicted octanol–water partition coefficient (Wildman–Crippen LogP) is 1.75. The SMILES string of the molecule is Cc1cccc(OCC(=O)NCC2CC(=O)N(C(C)C)C2)c1. The lowest BCUT2D eigenvalue weighted by Gasteiger charge is -2.21. The number of hydrogen-bond acceptors (Lipinski definition) is 3.